The molecule has 2 N–H and O–H groups in total. The second-order valence-corrected chi connectivity index (χ2v) is 5.97. The van der Waals surface area contributed by atoms with Crippen molar-refractivity contribution >= 4 is 5.69 Å². The molecule has 2 aromatic rings. The fourth-order valence-corrected chi connectivity index (χ4v) is 2.48. The number of benzene rings is 1. The molecular formula is C20H30N2O2. The summed E-state index contributed by atoms with van der Waals surface area (Å²) >= 11 is 0. The van der Waals surface area contributed by atoms with Crippen LogP contribution in [-0.4, -0.2) is 19.7 Å². The number of unbranched alkanes of at least 4 members (excludes halogenated alkanes) is 4. The lowest BCUT2D eigenvalue weighted by Gasteiger charge is -2.09. The van der Waals surface area contributed by atoms with Crippen molar-refractivity contribution in [1.29, 1.82) is 0 Å². The Balaban J connectivity index is 1.53. The molecule has 4 nitrogen and oxygen atoms in total. The topological polar surface area (TPSA) is 46.4 Å². The maximum absolute atomic E-state index is 5.78. The predicted molar refractivity (Wildman–Crippen MR) is 99.6 cm³/mol. The molecule has 0 radical (unpaired) electrons. The zero-order valence-corrected chi connectivity index (χ0v) is 14.7. The minimum atomic E-state index is 0.764. The monoisotopic (exact) mass is 330 g/mol. The number of nitrogens with one attached hydrogen (secondary N) is 2. The van der Waals surface area contributed by atoms with Crippen molar-refractivity contribution in [3.05, 3.63) is 48.4 Å². The highest BCUT2D eigenvalue weighted by atomic mass is 16.5. The van der Waals surface area contributed by atoms with Gasteiger partial charge in [-0.05, 0) is 42.8 Å². The standard InChI is InChI=1S/C20H30N2O2/c1-2-3-4-5-6-15-23-19-11-9-18(10-12-19)22-14-13-21-17-20-8-7-16-24-20/h7-12,16,21-22H,2-6,13-15,17H2,1H3. The number of rotatable bonds is 13. The predicted octanol–water partition coefficient (Wildman–Crippen LogP) is 4.83. The van der Waals surface area contributed by atoms with E-state index in [-0.39, 0.29) is 0 Å². The molecule has 0 unspecified atom stereocenters. The Morgan fingerprint density at radius 3 is 2.54 bits per heavy atom. The number of anilines is 1. The molecule has 0 bridgehead atoms. The van der Waals surface area contributed by atoms with E-state index in [0.29, 0.717) is 0 Å². The highest BCUT2D eigenvalue weighted by Crippen LogP contribution is 2.16. The smallest absolute Gasteiger partial charge is 0.119 e. The second-order valence-electron chi connectivity index (χ2n) is 5.97. The van der Waals surface area contributed by atoms with Gasteiger partial charge in [-0.2, -0.15) is 0 Å². The number of furan rings is 1. The first-order chi connectivity index (χ1) is 11.9. The molecule has 0 atom stereocenters. The third kappa shape index (κ3) is 7.55. The lowest BCUT2D eigenvalue weighted by Crippen LogP contribution is -2.21. The first-order valence-electron chi connectivity index (χ1n) is 9.08. The van der Waals surface area contributed by atoms with Crippen molar-refractivity contribution in [1.82, 2.24) is 5.32 Å². The van der Waals surface area contributed by atoms with Crippen molar-refractivity contribution in [2.45, 2.75) is 45.6 Å². The minimum Gasteiger partial charge on any atom is -0.494 e. The fourth-order valence-electron chi connectivity index (χ4n) is 2.48. The van der Waals surface area contributed by atoms with E-state index in [1.54, 1.807) is 6.26 Å². The van der Waals surface area contributed by atoms with E-state index in [1.807, 2.05) is 24.3 Å². The number of ether oxygens (including phenoxy) is 1. The van der Waals surface area contributed by atoms with E-state index >= 15 is 0 Å². The molecule has 2 rings (SSSR count). The maximum Gasteiger partial charge on any atom is 0.119 e. The second kappa shape index (κ2) is 11.6. The van der Waals surface area contributed by atoms with E-state index in [9.17, 15) is 0 Å². The van der Waals surface area contributed by atoms with Crippen LogP contribution in [0.2, 0.25) is 0 Å². The van der Waals surface area contributed by atoms with Crippen molar-refractivity contribution in [2.24, 2.45) is 0 Å². The zero-order chi connectivity index (χ0) is 16.9. The molecular weight excluding hydrogens is 300 g/mol. The summed E-state index contributed by atoms with van der Waals surface area (Å²) < 4.78 is 11.0. The zero-order valence-electron chi connectivity index (χ0n) is 14.7. The Hall–Kier alpha value is -1.94. The minimum absolute atomic E-state index is 0.764. The SMILES string of the molecule is CCCCCCCOc1ccc(NCCNCc2ccco2)cc1. The number of hydrogen-bond donors (Lipinski definition) is 2. The van der Waals surface area contributed by atoms with Crippen LogP contribution < -0.4 is 15.4 Å². The van der Waals surface area contributed by atoms with Crippen molar-refractivity contribution in [3.8, 4) is 5.75 Å². The fraction of sp³-hybridized carbons (Fsp3) is 0.500. The molecule has 0 amide bonds. The lowest BCUT2D eigenvalue weighted by molar-refractivity contribution is 0.304. The largest absolute Gasteiger partial charge is 0.494 e. The van der Waals surface area contributed by atoms with Crippen LogP contribution >= 0.6 is 0 Å². The lowest BCUT2D eigenvalue weighted by atomic mass is 10.2. The van der Waals surface area contributed by atoms with Crippen LogP contribution in [0.5, 0.6) is 5.75 Å². The van der Waals surface area contributed by atoms with Gasteiger partial charge in [0.05, 0.1) is 19.4 Å². The van der Waals surface area contributed by atoms with Gasteiger partial charge in [0.2, 0.25) is 0 Å². The van der Waals surface area contributed by atoms with E-state index < -0.39 is 0 Å². The van der Waals surface area contributed by atoms with Gasteiger partial charge in [0, 0.05) is 18.8 Å². The van der Waals surface area contributed by atoms with E-state index in [4.69, 9.17) is 9.15 Å². The van der Waals surface area contributed by atoms with Crippen molar-refractivity contribution in [2.75, 3.05) is 25.0 Å². The summed E-state index contributed by atoms with van der Waals surface area (Å²) in [4.78, 5) is 0. The summed E-state index contributed by atoms with van der Waals surface area (Å²) in [5, 5.41) is 6.73. The van der Waals surface area contributed by atoms with Gasteiger partial charge in [-0.15, -0.1) is 0 Å². The van der Waals surface area contributed by atoms with Gasteiger partial charge >= 0.3 is 0 Å². The average molecular weight is 330 g/mol. The van der Waals surface area contributed by atoms with E-state index in [0.717, 1.165) is 49.9 Å². The maximum atomic E-state index is 5.78. The van der Waals surface area contributed by atoms with Crippen molar-refractivity contribution in [3.63, 3.8) is 0 Å². The summed E-state index contributed by atoms with van der Waals surface area (Å²) in [5.74, 6) is 1.91. The summed E-state index contributed by atoms with van der Waals surface area (Å²) in [6, 6.07) is 12.1. The quantitative estimate of drug-likeness (QED) is 0.516. The molecule has 0 saturated heterocycles. The van der Waals surface area contributed by atoms with E-state index in [2.05, 4.69) is 29.7 Å². The van der Waals surface area contributed by atoms with Gasteiger partial charge < -0.3 is 19.8 Å². The van der Waals surface area contributed by atoms with Gasteiger partial charge in [0.1, 0.15) is 11.5 Å². The van der Waals surface area contributed by atoms with Gasteiger partial charge in [-0.3, -0.25) is 0 Å². The van der Waals surface area contributed by atoms with Crippen molar-refractivity contribution < 1.29 is 9.15 Å². The van der Waals surface area contributed by atoms with Gasteiger partial charge in [0.15, 0.2) is 0 Å². The van der Waals surface area contributed by atoms with Gasteiger partial charge in [-0.1, -0.05) is 32.6 Å². The molecule has 0 fully saturated rings. The molecule has 0 aliphatic heterocycles. The summed E-state index contributed by atoms with van der Waals surface area (Å²) in [7, 11) is 0. The average Bonchev–Trinajstić information content (AvgIpc) is 3.12. The first-order valence-corrected chi connectivity index (χ1v) is 9.08. The molecule has 0 spiro atoms. The third-order valence-electron chi connectivity index (χ3n) is 3.88. The molecule has 0 saturated carbocycles. The summed E-state index contributed by atoms with van der Waals surface area (Å²) in [6.45, 7) is 5.57. The Morgan fingerprint density at radius 2 is 1.79 bits per heavy atom. The van der Waals surface area contributed by atoms with Crippen LogP contribution in [0, 0.1) is 0 Å². The van der Waals surface area contributed by atoms with Crippen LogP contribution in [0.1, 0.15) is 44.8 Å². The van der Waals surface area contributed by atoms with E-state index in [1.165, 1.54) is 25.7 Å². The molecule has 24 heavy (non-hydrogen) atoms. The Morgan fingerprint density at radius 1 is 0.958 bits per heavy atom. The summed E-state index contributed by atoms with van der Waals surface area (Å²) in [6.07, 6.45) is 8.03. The molecule has 1 aromatic heterocycles. The Bertz CT molecular complexity index is 523. The van der Waals surface area contributed by atoms with Crippen LogP contribution in [0.4, 0.5) is 5.69 Å². The molecule has 0 aliphatic carbocycles. The Labute approximate surface area is 145 Å². The van der Waals surface area contributed by atoms with Gasteiger partial charge in [-0.25, -0.2) is 0 Å². The van der Waals surface area contributed by atoms with Gasteiger partial charge in [0.25, 0.3) is 0 Å². The first kappa shape index (κ1) is 18.4. The Kier molecular flexibility index (Phi) is 8.87. The van der Waals surface area contributed by atoms with Crippen LogP contribution in [0.15, 0.2) is 47.1 Å². The number of hydrogen-bond acceptors (Lipinski definition) is 4. The van der Waals surface area contributed by atoms with Crippen LogP contribution in [0.3, 0.4) is 0 Å². The molecule has 1 aromatic carbocycles. The van der Waals surface area contributed by atoms with Crippen LogP contribution in [0.25, 0.3) is 0 Å². The third-order valence-corrected chi connectivity index (χ3v) is 3.88. The molecule has 132 valence electrons. The summed E-state index contributed by atoms with van der Waals surface area (Å²) in [5.41, 5.74) is 1.12. The normalized spacial score (nSPS) is 10.7. The molecule has 4 heteroatoms. The van der Waals surface area contributed by atoms with Crippen LogP contribution in [-0.2, 0) is 6.54 Å². The molecule has 1 heterocycles. The molecule has 0 aliphatic rings. The highest BCUT2D eigenvalue weighted by molar-refractivity contribution is 5.46. The highest BCUT2D eigenvalue weighted by Gasteiger charge is 1.97.